The first kappa shape index (κ1) is 13.0. The van der Waals surface area contributed by atoms with Gasteiger partial charge in [-0.05, 0) is 18.4 Å². The topological polar surface area (TPSA) is 22.1 Å². The van der Waals surface area contributed by atoms with Gasteiger partial charge in [0.1, 0.15) is 11.1 Å². The van der Waals surface area contributed by atoms with Gasteiger partial charge >= 0.3 is 0 Å². The second-order valence-electron chi connectivity index (χ2n) is 3.65. The summed E-state index contributed by atoms with van der Waals surface area (Å²) in [4.78, 5) is 5.77. The second kappa shape index (κ2) is 6.50. The maximum Gasteiger partial charge on any atom is 0.122 e. The summed E-state index contributed by atoms with van der Waals surface area (Å²) in [6.45, 7) is 2.77. The van der Waals surface area contributed by atoms with Crippen LogP contribution in [-0.2, 0) is 17.0 Å². The number of thiophene rings is 1. The minimum absolute atomic E-state index is 0.0527. The standard InChI is InChI=1S/C12H14ClNOS2/c1-9(12-14-10(7-13)8-17-12)15-5-4-11-3-2-6-16-11/h2-3,6,8-9H,4-5,7H2,1H3. The number of hydrogen-bond acceptors (Lipinski definition) is 4. The third-order valence-corrected chi connectivity index (χ3v) is 4.62. The molecular weight excluding hydrogens is 274 g/mol. The summed E-state index contributed by atoms with van der Waals surface area (Å²) in [6, 6.07) is 4.20. The first-order chi connectivity index (χ1) is 8.29. The number of aromatic nitrogens is 1. The van der Waals surface area contributed by atoms with Gasteiger partial charge in [-0.2, -0.15) is 0 Å². The van der Waals surface area contributed by atoms with Crippen LogP contribution in [0.25, 0.3) is 0 Å². The quantitative estimate of drug-likeness (QED) is 0.741. The number of rotatable bonds is 6. The average molecular weight is 288 g/mol. The minimum atomic E-state index is 0.0527. The summed E-state index contributed by atoms with van der Waals surface area (Å²) in [7, 11) is 0. The normalized spacial score (nSPS) is 12.8. The van der Waals surface area contributed by atoms with Crippen LogP contribution in [0.1, 0.15) is 28.6 Å². The molecule has 0 N–H and O–H groups in total. The molecule has 2 nitrogen and oxygen atoms in total. The Balaban J connectivity index is 1.78. The Labute approximate surface area is 114 Å². The molecule has 0 aromatic carbocycles. The molecule has 0 spiro atoms. The van der Waals surface area contributed by atoms with Crippen LogP contribution < -0.4 is 0 Å². The van der Waals surface area contributed by atoms with Crippen LogP contribution in [0.2, 0.25) is 0 Å². The van der Waals surface area contributed by atoms with Crippen molar-refractivity contribution in [3.8, 4) is 0 Å². The number of hydrogen-bond donors (Lipinski definition) is 0. The lowest BCUT2D eigenvalue weighted by Gasteiger charge is -2.09. The lowest BCUT2D eigenvalue weighted by molar-refractivity contribution is 0.0682. The summed E-state index contributed by atoms with van der Waals surface area (Å²) in [6.07, 6.45) is 1.02. The number of thiazole rings is 1. The molecule has 0 saturated carbocycles. The van der Waals surface area contributed by atoms with E-state index in [-0.39, 0.29) is 6.10 Å². The van der Waals surface area contributed by atoms with Crippen LogP contribution in [0.4, 0.5) is 0 Å². The molecule has 2 rings (SSSR count). The Hall–Kier alpha value is -0.420. The smallest absolute Gasteiger partial charge is 0.122 e. The van der Waals surface area contributed by atoms with E-state index in [2.05, 4.69) is 22.5 Å². The Bertz CT molecular complexity index is 441. The largest absolute Gasteiger partial charge is 0.371 e. The highest BCUT2D eigenvalue weighted by Gasteiger charge is 2.10. The van der Waals surface area contributed by atoms with Gasteiger partial charge in [0.2, 0.25) is 0 Å². The van der Waals surface area contributed by atoms with Gasteiger partial charge in [-0.15, -0.1) is 34.3 Å². The van der Waals surface area contributed by atoms with Crippen LogP contribution in [0.5, 0.6) is 0 Å². The van der Waals surface area contributed by atoms with E-state index in [1.807, 2.05) is 12.3 Å². The predicted molar refractivity (Wildman–Crippen MR) is 74.1 cm³/mol. The van der Waals surface area contributed by atoms with E-state index in [0.717, 1.165) is 23.7 Å². The monoisotopic (exact) mass is 287 g/mol. The summed E-state index contributed by atoms with van der Waals surface area (Å²) in [5, 5.41) is 5.08. The Morgan fingerprint density at radius 2 is 2.35 bits per heavy atom. The lowest BCUT2D eigenvalue weighted by Crippen LogP contribution is -2.03. The molecule has 2 aromatic rings. The van der Waals surface area contributed by atoms with Crippen LogP contribution in [-0.4, -0.2) is 11.6 Å². The average Bonchev–Trinajstić information content (AvgIpc) is 2.99. The van der Waals surface area contributed by atoms with Gasteiger partial charge in [-0.25, -0.2) is 4.98 Å². The first-order valence-electron chi connectivity index (χ1n) is 5.44. The Morgan fingerprint density at radius 1 is 1.47 bits per heavy atom. The molecule has 0 radical (unpaired) electrons. The van der Waals surface area contributed by atoms with Crippen molar-refractivity contribution in [1.29, 1.82) is 0 Å². The molecule has 0 aliphatic rings. The van der Waals surface area contributed by atoms with Crippen molar-refractivity contribution >= 4 is 34.3 Å². The fourth-order valence-electron chi connectivity index (χ4n) is 1.43. The molecule has 0 fully saturated rings. The van der Waals surface area contributed by atoms with E-state index in [1.54, 1.807) is 22.7 Å². The summed E-state index contributed by atoms with van der Waals surface area (Å²) in [5.74, 6) is 0.471. The van der Waals surface area contributed by atoms with Crippen molar-refractivity contribution in [1.82, 2.24) is 4.98 Å². The zero-order chi connectivity index (χ0) is 12.1. The molecule has 2 heterocycles. The van der Waals surface area contributed by atoms with Crippen molar-refractivity contribution in [2.75, 3.05) is 6.61 Å². The molecule has 1 unspecified atom stereocenters. The maximum absolute atomic E-state index is 5.77. The van der Waals surface area contributed by atoms with Gasteiger partial charge in [-0.1, -0.05) is 6.07 Å². The molecule has 0 bridgehead atoms. The van der Waals surface area contributed by atoms with Crippen LogP contribution in [0.3, 0.4) is 0 Å². The zero-order valence-corrected chi connectivity index (χ0v) is 11.9. The minimum Gasteiger partial charge on any atom is -0.371 e. The predicted octanol–water partition coefficient (Wildman–Crippen LogP) is 4.26. The number of alkyl halides is 1. The van der Waals surface area contributed by atoms with Gasteiger partial charge in [0.15, 0.2) is 0 Å². The number of halogens is 1. The number of ether oxygens (including phenoxy) is 1. The highest BCUT2D eigenvalue weighted by atomic mass is 35.5. The van der Waals surface area contributed by atoms with Gasteiger partial charge in [0.05, 0.1) is 18.2 Å². The van der Waals surface area contributed by atoms with Crippen molar-refractivity contribution < 1.29 is 4.74 Å². The highest BCUT2D eigenvalue weighted by molar-refractivity contribution is 7.10. The molecular formula is C12H14ClNOS2. The Morgan fingerprint density at radius 3 is 3.00 bits per heavy atom. The second-order valence-corrected chi connectivity index (χ2v) is 5.84. The molecule has 5 heteroatoms. The van der Waals surface area contributed by atoms with Crippen molar-refractivity contribution in [3.63, 3.8) is 0 Å². The van der Waals surface area contributed by atoms with Crippen molar-refractivity contribution in [2.45, 2.75) is 25.3 Å². The molecule has 0 amide bonds. The van der Waals surface area contributed by atoms with E-state index in [0.29, 0.717) is 5.88 Å². The van der Waals surface area contributed by atoms with E-state index >= 15 is 0 Å². The molecule has 1 atom stereocenters. The summed E-state index contributed by atoms with van der Waals surface area (Å²) < 4.78 is 5.77. The summed E-state index contributed by atoms with van der Waals surface area (Å²) in [5.41, 5.74) is 0.931. The third kappa shape index (κ3) is 3.78. The highest BCUT2D eigenvalue weighted by Crippen LogP contribution is 2.22. The third-order valence-electron chi connectivity index (χ3n) is 2.35. The van der Waals surface area contributed by atoms with Crippen molar-refractivity contribution in [2.24, 2.45) is 0 Å². The first-order valence-corrected chi connectivity index (χ1v) is 7.73. The van der Waals surface area contributed by atoms with E-state index < -0.39 is 0 Å². The fourth-order valence-corrected chi connectivity index (χ4v) is 3.17. The van der Waals surface area contributed by atoms with Gasteiger partial charge in [0, 0.05) is 16.7 Å². The lowest BCUT2D eigenvalue weighted by atomic mass is 10.3. The fraction of sp³-hybridized carbons (Fsp3) is 0.417. The van der Waals surface area contributed by atoms with Gasteiger partial charge in [-0.3, -0.25) is 0 Å². The molecule has 0 aliphatic carbocycles. The van der Waals surface area contributed by atoms with Gasteiger partial charge < -0.3 is 4.74 Å². The van der Waals surface area contributed by atoms with Crippen LogP contribution in [0, 0.1) is 0 Å². The molecule has 0 saturated heterocycles. The van der Waals surface area contributed by atoms with Crippen LogP contribution in [0.15, 0.2) is 22.9 Å². The van der Waals surface area contributed by atoms with E-state index in [1.165, 1.54) is 4.88 Å². The molecule has 92 valence electrons. The molecule has 17 heavy (non-hydrogen) atoms. The van der Waals surface area contributed by atoms with Crippen molar-refractivity contribution in [3.05, 3.63) is 38.5 Å². The maximum atomic E-state index is 5.77. The van der Waals surface area contributed by atoms with Gasteiger partial charge in [0.25, 0.3) is 0 Å². The zero-order valence-electron chi connectivity index (χ0n) is 9.56. The van der Waals surface area contributed by atoms with Crippen LogP contribution >= 0.6 is 34.3 Å². The Kier molecular flexibility index (Phi) is 4.98. The summed E-state index contributed by atoms with van der Waals surface area (Å²) >= 11 is 9.10. The number of nitrogens with zero attached hydrogens (tertiary/aromatic N) is 1. The van der Waals surface area contributed by atoms with E-state index in [9.17, 15) is 0 Å². The molecule has 2 aromatic heterocycles. The van der Waals surface area contributed by atoms with E-state index in [4.69, 9.17) is 16.3 Å². The SMILES string of the molecule is CC(OCCc1cccs1)c1nc(CCl)cs1. The molecule has 0 aliphatic heterocycles.